The number of aromatic carboxylic acids is 3. The Morgan fingerprint density at radius 1 is 1.00 bits per heavy atom. The van der Waals surface area contributed by atoms with Crippen LogP contribution in [0, 0.1) is 0 Å². The summed E-state index contributed by atoms with van der Waals surface area (Å²) in [7, 11) is 0. The van der Waals surface area contributed by atoms with E-state index in [1.165, 1.54) is 0 Å². The standard InChI is InChI=1S/C13H14O7/c1-2-3-4-20-10-8(12(16)17)5-7(11(14)15)6-9(10)13(18)19/h5-6H,2-4H2,1H3,(H,14,15)(H,16,17)(H,18,19). The van der Waals surface area contributed by atoms with E-state index in [1.54, 1.807) is 0 Å². The molecule has 0 aromatic heterocycles. The van der Waals surface area contributed by atoms with Crippen molar-refractivity contribution in [1.82, 2.24) is 0 Å². The molecule has 0 radical (unpaired) electrons. The summed E-state index contributed by atoms with van der Waals surface area (Å²) in [5.41, 5.74) is -1.36. The van der Waals surface area contributed by atoms with E-state index in [2.05, 4.69) is 0 Å². The van der Waals surface area contributed by atoms with Gasteiger partial charge in [0.1, 0.15) is 16.9 Å². The van der Waals surface area contributed by atoms with E-state index in [4.69, 9.17) is 20.1 Å². The maximum absolute atomic E-state index is 11.1. The molecular formula is C13H14O7. The van der Waals surface area contributed by atoms with Crippen molar-refractivity contribution in [2.75, 3.05) is 6.61 Å². The third-order valence-electron chi connectivity index (χ3n) is 2.54. The fraction of sp³-hybridized carbons (Fsp3) is 0.308. The predicted molar refractivity (Wildman–Crippen MR) is 67.7 cm³/mol. The first-order valence-corrected chi connectivity index (χ1v) is 5.89. The molecule has 0 saturated carbocycles. The van der Waals surface area contributed by atoms with Crippen LogP contribution in [0.2, 0.25) is 0 Å². The fourth-order valence-corrected chi connectivity index (χ4v) is 1.54. The van der Waals surface area contributed by atoms with E-state index < -0.39 is 34.6 Å². The zero-order valence-corrected chi connectivity index (χ0v) is 10.8. The lowest BCUT2D eigenvalue weighted by Crippen LogP contribution is -2.12. The number of carbonyl (C=O) groups is 3. The number of hydrogen-bond acceptors (Lipinski definition) is 4. The van der Waals surface area contributed by atoms with Crippen molar-refractivity contribution in [1.29, 1.82) is 0 Å². The molecule has 3 N–H and O–H groups in total. The third-order valence-corrected chi connectivity index (χ3v) is 2.54. The number of unbranched alkanes of at least 4 members (excludes halogenated alkanes) is 1. The van der Waals surface area contributed by atoms with Crippen LogP contribution in [0.25, 0.3) is 0 Å². The van der Waals surface area contributed by atoms with Crippen LogP contribution in [-0.2, 0) is 0 Å². The highest BCUT2D eigenvalue weighted by Crippen LogP contribution is 2.27. The SMILES string of the molecule is CCCCOc1c(C(=O)O)cc(C(=O)O)cc1C(=O)O. The molecule has 0 aliphatic heterocycles. The summed E-state index contributed by atoms with van der Waals surface area (Å²) in [5.74, 6) is -4.61. The average Bonchev–Trinajstić information content (AvgIpc) is 2.37. The molecule has 0 spiro atoms. The molecule has 20 heavy (non-hydrogen) atoms. The lowest BCUT2D eigenvalue weighted by molar-refractivity contribution is 0.0688. The van der Waals surface area contributed by atoms with E-state index in [9.17, 15) is 14.4 Å². The summed E-state index contributed by atoms with van der Waals surface area (Å²) >= 11 is 0. The number of carboxylic acids is 3. The number of ether oxygens (including phenoxy) is 1. The lowest BCUT2D eigenvalue weighted by Gasteiger charge is -2.12. The van der Waals surface area contributed by atoms with Crippen molar-refractivity contribution in [2.24, 2.45) is 0 Å². The van der Waals surface area contributed by atoms with Crippen molar-refractivity contribution in [3.63, 3.8) is 0 Å². The van der Waals surface area contributed by atoms with Gasteiger partial charge in [0.2, 0.25) is 0 Å². The molecule has 0 saturated heterocycles. The van der Waals surface area contributed by atoms with Gasteiger partial charge in [-0.15, -0.1) is 0 Å². The van der Waals surface area contributed by atoms with Gasteiger partial charge in [-0.1, -0.05) is 13.3 Å². The highest BCUT2D eigenvalue weighted by molar-refractivity contribution is 6.02. The maximum atomic E-state index is 11.1. The van der Waals surface area contributed by atoms with Crippen LogP contribution in [0.5, 0.6) is 5.75 Å². The van der Waals surface area contributed by atoms with Crippen molar-refractivity contribution in [2.45, 2.75) is 19.8 Å². The van der Waals surface area contributed by atoms with E-state index in [1.807, 2.05) is 6.92 Å². The van der Waals surface area contributed by atoms with Gasteiger partial charge >= 0.3 is 17.9 Å². The summed E-state index contributed by atoms with van der Waals surface area (Å²) in [6.45, 7) is 2.05. The molecule has 0 unspecified atom stereocenters. The van der Waals surface area contributed by atoms with Gasteiger partial charge in [0, 0.05) is 0 Å². The molecule has 7 nitrogen and oxygen atoms in total. The van der Waals surface area contributed by atoms with Crippen LogP contribution in [0.3, 0.4) is 0 Å². The molecule has 0 bridgehead atoms. The first-order valence-electron chi connectivity index (χ1n) is 5.89. The molecule has 0 atom stereocenters. The molecule has 108 valence electrons. The molecule has 0 aliphatic carbocycles. The monoisotopic (exact) mass is 282 g/mol. The molecule has 0 fully saturated rings. The van der Waals surface area contributed by atoms with Crippen LogP contribution in [-0.4, -0.2) is 39.8 Å². The Bertz CT molecular complexity index is 513. The van der Waals surface area contributed by atoms with Gasteiger partial charge in [-0.2, -0.15) is 0 Å². The zero-order valence-electron chi connectivity index (χ0n) is 10.8. The van der Waals surface area contributed by atoms with Gasteiger partial charge in [-0.05, 0) is 18.6 Å². The molecule has 7 heteroatoms. The quantitative estimate of drug-likeness (QED) is 0.653. The van der Waals surface area contributed by atoms with Crippen molar-refractivity contribution >= 4 is 17.9 Å². The Balaban J connectivity index is 3.39. The topological polar surface area (TPSA) is 121 Å². The van der Waals surface area contributed by atoms with Gasteiger partial charge < -0.3 is 20.1 Å². The average molecular weight is 282 g/mol. The van der Waals surface area contributed by atoms with E-state index in [-0.39, 0.29) is 12.4 Å². The highest BCUT2D eigenvalue weighted by Gasteiger charge is 2.23. The van der Waals surface area contributed by atoms with Gasteiger partial charge in [0.05, 0.1) is 12.2 Å². The molecule has 1 aromatic rings. The van der Waals surface area contributed by atoms with Crippen LogP contribution in [0.4, 0.5) is 0 Å². The number of rotatable bonds is 7. The summed E-state index contributed by atoms with van der Waals surface area (Å²) < 4.78 is 5.21. The zero-order chi connectivity index (χ0) is 15.3. The maximum Gasteiger partial charge on any atom is 0.339 e. The van der Waals surface area contributed by atoms with Crippen LogP contribution in [0.1, 0.15) is 50.8 Å². The second-order valence-electron chi connectivity index (χ2n) is 4.02. The molecule has 1 aromatic carbocycles. The van der Waals surface area contributed by atoms with Gasteiger partial charge in [0.15, 0.2) is 0 Å². The lowest BCUT2D eigenvalue weighted by atomic mass is 10.0. The minimum Gasteiger partial charge on any atom is -0.492 e. The second kappa shape index (κ2) is 6.55. The first-order chi connectivity index (χ1) is 9.38. The summed E-state index contributed by atoms with van der Waals surface area (Å²) in [5, 5.41) is 27.0. The summed E-state index contributed by atoms with van der Waals surface area (Å²) in [6.07, 6.45) is 1.41. The van der Waals surface area contributed by atoms with Gasteiger partial charge in [-0.3, -0.25) is 0 Å². The molecule has 0 heterocycles. The molecule has 1 rings (SSSR count). The largest absolute Gasteiger partial charge is 0.492 e. The predicted octanol–water partition coefficient (Wildman–Crippen LogP) is 1.96. The van der Waals surface area contributed by atoms with Crippen LogP contribution in [0.15, 0.2) is 12.1 Å². The van der Waals surface area contributed by atoms with Gasteiger partial charge in [-0.25, -0.2) is 14.4 Å². The van der Waals surface area contributed by atoms with Crippen molar-refractivity contribution in [3.8, 4) is 5.75 Å². The Hall–Kier alpha value is -2.57. The Morgan fingerprint density at radius 3 is 1.85 bits per heavy atom. The molecular weight excluding hydrogens is 268 g/mol. The highest BCUT2D eigenvalue weighted by atomic mass is 16.5. The van der Waals surface area contributed by atoms with E-state index in [0.717, 1.165) is 18.6 Å². The normalized spacial score (nSPS) is 10.1. The Kier molecular flexibility index (Phi) is 5.08. The second-order valence-corrected chi connectivity index (χ2v) is 4.02. The van der Waals surface area contributed by atoms with E-state index >= 15 is 0 Å². The van der Waals surface area contributed by atoms with E-state index in [0.29, 0.717) is 6.42 Å². The summed E-state index contributed by atoms with van der Waals surface area (Å²) in [4.78, 5) is 33.2. The molecule has 0 amide bonds. The number of benzene rings is 1. The Morgan fingerprint density at radius 2 is 1.50 bits per heavy atom. The minimum absolute atomic E-state index is 0.156. The van der Waals surface area contributed by atoms with Crippen molar-refractivity contribution in [3.05, 3.63) is 28.8 Å². The van der Waals surface area contributed by atoms with Crippen molar-refractivity contribution < 1.29 is 34.4 Å². The number of carboxylic acid groups (broad SMARTS) is 3. The first kappa shape index (κ1) is 15.5. The van der Waals surface area contributed by atoms with Crippen LogP contribution < -0.4 is 4.74 Å². The third kappa shape index (κ3) is 3.47. The number of hydrogen-bond donors (Lipinski definition) is 3. The Labute approximate surface area is 114 Å². The van der Waals surface area contributed by atoms with Crippen LogP contribution >= 0.6 is 0 Å². The fourth-order valence-electron chi connectivity index (χ4n) is 1.54. The minimum atomic E-state index is -1.44. The smallest absolute Gasteiger partial charge is 0.339 e. The van der Waals surface area contributed by atoms with Gasteiger partial charge in [0.25, 0.3) is 0 Å². The molecule has 0 aliphatic rings. The summed E-state index contributed by atoms with van der Waals surface area (Å²) in [6, 6.07) is 1.77.